The van der Waals surface area contributed by atoms with Crippen molar-refractivity contribution in [3.05, 3.63) is 75.8 Å². The van der Waals surface area contributed by atoms with Gasteiger partial charge in [0, 0.05) is 24.7 Å². The highest BCUT2D eigenvalue weighted by atomic mass is 16.6. The van der Waals surface area contributed by atoms with E-state index >= 15 is 0 Å². The lowest BCUT2D eigenvalue weighted by atomic mass is 10.2. The molecule has 0 aliphatic heterocycles. The van der Waals surface area contributed by atoms with Crippen molar-refractivity contribution in [1.29, 1.82) is 0 Å². The van der Waals surface area contributed by atoms with Crippen LogP contribution in [0.5, 0.6) is 0 Å². The SMILES string of the molecule is CC(C)N(Cc1ccccc1)C(=O)COC(=O)c1cccc([N+](=O)[O-])c1. The van der Waals surface area contributed by atoms with Crippen LogP contribution in [0.4, 0.5) is 5.69 Å². The van der Waals surface area contributed by atoms with E-state index in [9.17, 15) is 19.7 Å². The van der Waals surface area contributed by atoms with E-state index in [0.29, 0.717) is 6.54 Å². The summed E-state index contributed by atoms with van der Waals surface area (Å²) in [5, 5.41) is 10.8. The van der Waals surface area contributed by atoms with Gasteiger partial charge in [0.05, 0.1) is 10.5 Å². The van der Waals surface area contributed by atoms with Crippen LogP contribution >= 0.6 is 0 Å². The van der Waals surface area contributed by atoms with E-state index in [1.165, 1.54) is 18.2 Å². The first-order valence-corrected chi connectivity index (χ1v) is 8.13. The Labute approximate surface area is 151 Å². The molecule has 0 saturated heterocycles. The molecule has 0 aromatic heterocycles. The third-order valence-electron chi connectivity index (χ3n) is 3.76. The Morgan fingerprint density at radius 2 is 1.81 bits per heavy atom. The summed E-state index contributed by atoms with van der Waals surface area (Å²) in [4.78, 5) is 36.3. The molecule has 0 spiro atoms. The first-order valence-electron chi connectivity index (χ1n) is 8.13. The molecule has 0 N–H and O–H groups in total. The molecule has 7 heteroatoms. The van der Waals surface area contributed by atoms with Crippen molar-refractivity contribution in [3.63, 3.8) is 0 Å². The maximum Gasteiger partial charge on any atom is 0.338 e. The highest BCUT2D eigenvalue weighted by molar-refractivity contribution is 5.92. The predicted octanol–water partition coefficient (Wildman–Crippen LogP) is 3.19. The second-order valence-electron chi connectivity index (χ2n) is 5.98. The van der Waals surface area contributed by atoms with Gasteiger partial charge in [0.2, 0.25) is 0 Å². The number of hydrogen-bond acceptors (Lipinski definition) is 5. The van der Waals surface area contributed by atoms with Crippen molar-refractivity contribution < 1.29 is 19.2 Å². The lowest BCUT2D eigenvalue weighted by Crippen LogP contribution is -2.39. The summed E-state index contributed by atoms with van der Waals surface area (Å²) in [7, 11) is 0. The summed E-state index contributed by atoms with van der Waals surface area (Å²) >= 11 is 0. The number of nitrogens with zero attached hydrogens (tertiary/aromatic N) is 2. The minimum Gasteiger partial charge on any atom is -0.452 e. The molecule has 0 atom stereocenters. The normalized spacial score (nSPS) is 10.4. The molecule has 0 bridgehead atoms. The molecule has 2 aromatic rings. The van der Waals surface area contributed by atoms with E-state index in [4.69, 9.17) is 4.74 Å². The number of carbonyl (C=O) groups excluding carboxylic acids is 2. The summed E-state index contributed by atoms with van der Waals surface area (Å²) in [6, 6.07) is 14.6. The first-order chi connectivity index (χ1) is 12.4. The van der Waals surface area contributed by atoms with Crippen molar-refractivity contribution in [2.75, 3.05) is 6.61 Å². The Morgan fingerprint density at radius 3 is 2.42 bits per heavy atom. The van der Waals surface area contributed by atoms with Crippen molar-refractivity contribution in [2.45, 2.75) is 26.4 Å². The zero-order chi connectivity index (χ0) is 19.1. The molecule has 0 aliphatic rings. The highest BCUT2D eigenvalue weighted by Gasteiger charge is 2.20. The van der Waals surface area contributed by atoms with Gasteiger partial charge in [-0.3, -0.25) is 14.9 Å². The fourth-order valence-corrected chi connectivity index (χ4v) is 2.38. The van der Waals surface area contributed by atoms with Gasteiger partial charge in [-0.05, 0) is 25.5 Å². The number of non-ortho nitro benzene ring substituents is 1. The first kappa shape index (κ1) is 19.1. The van der Waals surface area contributed by atoms with E-state index in [0.717, 1.165) is 11.6 Å². The molecule has 26 heavy (non-hydrogen) atoms. The Morgan fingerprint density at radius 1 is 1.12 bits per heavy atom. The Kier molecular flexibility index (Phi) is 6.43. The number of rotatable bonds is 7. The highest BCUT2D eigenvalue weighted by Crippen LogP contribution is 2.14. The van der Waals surface area contributed by atoms with E-state index in [1.54, 1.807) is 4.90 Å². The Balaban J connectivity index is 2.00. The molecule has 7 nitrogen and oxygen atoms in total. The number of ether oxygens (including phenoxy) is 1. The minimum absolute atomic E-state index is 0.0335. The number of nitro benzene ring substituents is 1. The Hall–Kier alpha value is -3.22. The number of benzene rings is 2. The quantitative estimate of drug-likeness (QED) is 0.432. The van der Waals surface area contributed by atoms with Crippen LogP contribution in [0.25, 0.3) is 0 Å². The van der Waals surface area contributed by atoms with Gasteiger partial charge in [-0.15, -0.1) is 0 Å². The van der Waals surface area contributed by atoms with E-state index in [-0.39, 0.29) is 23.2 Å². The third-order valence-corrected chi connectivity index (χ3v) is 3.76. The molecule has 0 saturated carbocycles. The average Bonchev–Trinajstić information content (AvgIpc) is 2.64. The van der Waals surface area contributed by atoms with Crippen LogP contribution in [0.1, 0.15) is 29.8 Å². The number of hydrogen-bond donors (Lipinski definition) is 0. The molecule has 1 amide bonds. The molecular formula is C19H20N2O5. The monoisotopic (exact) mass is 356 g/mol. The van der Waals surface area contributed by atoms with Crippen molar-refractivity contribution in [1.82, 2.24) is 4.90 Å². The lowest BCUT2D eigenvalue weighted by Gasteiger charge is -2.26. The van der Waals surface area contributed by atoms with Crippen molar-refractivity contribution >= 4 is 17.6 Å². The number of amides is 1. The average molecular weight is 356 g/mol. The van der Waals surface area contributed by atoms with Crippen LogP contribution in [-0.2, 0) is 16.1 Å². The van der Waals surface area contributed by atoms with Crippen LogP contribution in [-0.4, -0.2) is 34.3 Å². The van der Waals surface area contributed by atoms with Gasteiger partial charge in [-0.25, -0.2) is 4.79 Å². The topological polar surface area (TPSA) is 89.8 Å². The van der Waals surface area contributed by atoms with Gasteiger partial charge in [-0.1, -0.05) is 36.4 Å². The summed E-state index contributed by atoms with van der Waals surface area (Å²) in [6.07, 6.45) is 0. The molecule has 2 rings (SSSR count). The second-order valence-corrected chi connectivity index (χ2v) is 5.98. The molecule has 0 aliphatic carbocycles. The molecule has 0 unspecified atom stereocenters. The van der Waals surface area contributed by atoms with Crippen LogP contribution in [0.3, 0.4) is 0 Å². The summed E-state index contributed by atoms with van der Waals surface area (Å²) in [6.45, 7) is 3.74. The van der Waals surface area contributed by atoms with Crippen LogP contribution in [0.15, 0.2) is 54.6 Å². The zero-order valence-corrected chi connectivity index (χ0v) is 14.6. The van der Waals surface area contributed by atoms with Gasteiger partial charge < -0.3 is 9.64 Å². The fraction of sp³-hybridized carbons (Fsp3) is 0.263. The maximum absolute atomic E-state index is 12.4. The van der Waals surface area contributed by atoms with Crippen molar-refractivity contribution in [3.8, 4) is 0 Å². The van der Waals surface area contributed by atoms with E-state index < -0.39 is 17.5 Å². The number of nitro groups is 1. The minimum atomic E-state index is -0.773. The number of carbonyl (C=O) groups is 2. The molecular weight excluding hydrogens is 336 g/mol. The fourth-order valence-electron chi connectivity index (χ4n) is 2.38. The van der Waals surface area contributed by atoms with Gasteiger partial charge in [0.25, 0.3) is 11.6 Å². The summed E-state index contributed by atoms with van der Waals surface area (Å²) < 4.78 is 5.04. The molecule has 0 fully saturated rings. The van der Waals surface area contributed by atoms with Gasteiger partial charge in [0.1, 0.15) is 0 Å². The largest absolute Gasteiger partial charge is 0.452 e. The van der Waals surface area contributed by atoms with E-state index in [1.807, 2.05) is 44.2 Å². The molecule has 136 valence electrons. The van der Waals surface area contributed by atoms with Crippen LogP contribution < -0.4 is 0 Å². The summed E-state index contributed by atoms with van der Waals surface area (Å²) in [5.41, 5.74) is 0.796. The standard InChI is InChI=1S/C19H20N2O5/c1-14(2)20(12-15-7-4-3-5-8-15)18(22)13-26-19(23)16-9-6-10-17(11-16)21(24)25/h3-11,14H,12-13H2,1-2H3. The van der Waals surface area contributed by atoms with Gasteiger partial charge in [0.15, 0.2) is 6.61 Å². The van der Waals surface area contributed by atoms with E-state index in [2.05, 4.69) is 0 Å². The van der Waals surface area contributed by atoms with Crippen LogP contribution in [0, 0.1) is 10.1 Å². The van der Waals surface area contributed by atoms with Crippen molar-refractivity contribution in [2.24, 2.45) is 0 Å². The smallest absolute Gasteiger partial charge is 0.338 e. The number of esters is 1. The van der Waals surface area contributed by atoms with Crippen LogP contribution in [0.2, 0.25) is 0 Å². The Bertz CT molecular complexity index is 790. The summed E-state index contributed by atoms with van der Waals surface area (Å²) in [5.74, 6) is -1.10. The zero-order valence-electron chi connectivity index (χ0n) is 14.6. The molecule has 0 heterocycles. The maximum atomic E-state index is 12.4. The predicted molar refractivity (Wildman–Crippen MR) is 95.5 cm³/mol. The van der Waals surface area contributed by atoms with Gasteiger partial charge >= 0.3 is 5.97 Å². The molecule has 0 radical (unpaired) electrons. The second kappa shape index (κ2) is 8.75. The lowest BCUT2D eigenvalue weighted by molar-refractivity contribution is -0.384. The van der Waals surface area contributed by atoms with Gasteiger partial charge in [-0.2, -0.15) is 0 Å². The third kappa shape index (κ3) is 5.14. The molecule has 2 aromatic carbocycles.